The second kappa shape index (κ2) is 9.60. The number of nitrogens with one attached hydrogen (secondary N) is 1. The quantitative estimate of drug-likeness (QED) is 0.328. The summed E-state index contributed by atoms with van der Waals surface area (Å²) >= 11 is 3.00. The minimum atomic E-state index is -1.17. The second-order valence-electron chi connectivity index (χ2n) is 7.76. The Bertz CT molecular complexity index is 958. The number of piperidine rings is 1. The molecule has 1 unspecified atom stereocenters. The van der Waals surface area contributed by atoms with Crippen molar-refractivity contribution < 1.29 is 33.5 Å². The molecule has 0 radical (unpaired) electrons. The van der Waals surface area contributed by atoms with Crippen LogP contribution in [0.4, 0.5) is 0 Å². The van der Waals surface area contributed by atoms with Gasteiger partial charge in [0.1, 0.15) is 12.1 Å². The fourth-order valence-corrected chi connectivity index (χ4v) is 3.78. The molecule has 0 saturated carbocycles. The number of fused-ring (bicyclic) bond motifs is 1. The zero-order valence-electron chi connectivity index (χ0n) is 17.5. The van der Waals surface area contributed by atoms with Gasteiger partial charge in [-0.15, -0.1) is 0 Å². The molecule has 170 valence electrons. The minimum Gasteiger partial charge on any atom is -0.442 e. The molecule has 2 atom stereocenters. The summed E-state index contributed by atoms with van der Waals surface area (Å²) in [6.07, 6.45) is -0.112. The van der Waals surface area contributed by atoms with Crippen LogP contribution in [0, 0.1) is 5.92 Å². The van der Waals surface area contributed by atoms with Gasteiger partial charge in [0.15, 0.2) is 6.73 Å². The number of hydrogen-bond acceptors (Lipinski definition) is 7. The lowest BCUT2D eigenvalue weighted by molar-refractivity contribution is -0.165. The molecule has 10 nitrogen and oxygen atoms in total. The van der Waals surface area contributed by atoms with Crippen molar-refractivity contribution >= 4 is 51.4 Å². The predicted molar refractivity (Wildman–Crippen MR) is 113 cm³/mol. The van der Waals surface area contributed by atoms with Crippen LogP contribution in [-0.2, 0) is 23.9 Å². The molecule has 2 aliphatic heterocycles. The first-order valence-corrected chi connectivity index (χ1v) is 11.1. The van der Waals surface area contributed by atoms with Crippen LogP contribution in [0.15, 0.2) is 24.3 Å². The average Bonchev–Trinajstić information content (AvgIpc) is 3.02. The first kappa shape index (κ1) is 23.6. The molecule has 1 saturated heterocycles. The Morgan fingerprint density at radius 2 is 1.72 bits per heavy atom. The number of halogens is 1. The van der Waals surface area contributed by atoms with Gasteiger partial charge in [-0.05, 0) is 24.5 Å². The highest BCUT2D eigenvalue weighted by atomic mass is 79.9. The topological polar surface area (TPSA) is 130 Å². The number of esters is 1. The number of alkyl halides is 1. The van der Waals surface area contributed by atoms with E-state index in [0.717, 1.165) is 9.80 Å². The third-order valence-electron chi connectivity index (χ3n) is 5.32. The Balaban J connectivity index is 1.72. The lowest BCUT2D eigenvalue weighted by atomic mass is 10.0. The van der Waals surface area contributed by atoms with E-state index in [1.54, 1.807) is 26.0 Å². The van der Waals surface area contributed by atoms with Crippen molar-refractivity contribution in [3.8, 4) is 0 Å². The van der Waals surface area contributed by atoms with Gasteiger partial charge in [-0.3, -0.25) is 28.9 Å². The van der Waals surface area contributed by atoms with Crippen LogP contribution >= 0.6 is 15.9 Å². The SMILES string of the molecule is CC(C)[C@H](NC(=O)CBr)C(=O)OCN1C(=O)CCC(N2C(=O)c3ccccc3C2=O)C1=O. The molecular formula is C21H22BrN3O7. The van der Waals surface area contributed by atoms with Crippen LogP contribution in [0.1, 0.15) is 47.4 Å². The molecule has 1 N–H and O–H groups in total. The Morgan fingerprint density at radius 1 is 1.12 bits per heavy atom. The Labute approximate surface area is 192 Å². The average molecular weight is 508 g/mol. The van der Waals surface area contributed by atoms with Gasteiger partial charge in [0.2, 0.25) is 11.8 Å². The summed E-state index contributed by atoms with van der Waals surface area (Å²) in [6.45, 7) is 2.73. The number of ether oxygens (including phenoxy) is 1. The highest BCUT2D eigenvalue weighted by Gasteiger charge is 2.47. The molecule has 2 heterocycles. The largest absolute Gasteiger partial charge is 0.442 e. The van der Waals surface area contributed by atoms with E-state index in [1.165, 1.54) is 12.1 Å². The highest BCUT2D eigenvalue weighted by molar-refractivity contribution is 9.09. The van der Waals surface area contributed by atoms with Crippen molar-refractivity contribution in [3.63, 3.8) is 0 Å². The van der Waals surface area contributed by atoms with E-state index in [0.29, 0.717) is 0 Å². The molecule has 1 aromatic rings. The van der Waals surface area contributed by atoms with Gasteiger partial charge in [0.05, 0.1) is 16.5 Å². The number of nitrogens with zero attached hydrogens (tertiary/aromatic N) is 2. The maximum atomic E-state index is 13.0. The van der Waals surface area contributed by atoms with Gasteiger partial charge in [0.25, 0.3) is 17.7 Å². The predicted octanol–water partition coefficient (Wildman–Crippen LogP) is 0.837. The van der Waals surface area contributed by atoms with E-state index < -0.39 is 54.3 Å². The maximum absolute atomic E-state index is 13.0. The number of imide groups is 2. The lowest BCUT2D eigenvalue weighted by Gasteiger charge is -2.34. The van der Waals surface area contributed by atoms with Gasteiger partial charge in [-0.2, -0.15) is 0 Å². The summed E-state index contributed by atoms with van der Waals surface area (Å²) < 4.78 is 5.14. The van der Waals surface area contributed by atoms with E-state index in [9.17, 15) is 28.8 Å². The van der Waals surface area contributed by atoms with E-state index in [2.05, 4.69) is 21.2 Å². The molecular weight excluding hydrogens is 486 g/mol. The van der Waals surface area contributed by atoms with Crippen molar-refractivity contribution in [1.29, 1.82) is 0 Å². The zero-order valence-corrected chi connectivity index (χ0v) is 19.1. The molecule has 0 aromatic heterocycles. The first-order chi connectivity index (χ1) is 15.2. The Hall–Kier alpha value is -3.08. The number of carbonyl (C=O) groups is 6. The number of likely N-dealkylation sites (tertiary alicyclic amines) is 1. The monoisotopic (exact) mass is 507 g/mol. The number of carbonyl (C=O) groups excluding carboxylic acids is 6. The highest BCUT2D eigenvalue weighted by Crippen LogP contribution is 2.29. The third kappa shape index (κ3) is 4.43. The van der Waals surface area contributed by atoms with Crippen LogP contribution in [0.25, 0.3) is 0 Å². The van der Waals surface area contributed by atoms with Crippen molar-refractivity contribution in [2.24, 2.45) is 5.92 Å². The number of benzene rings is 1. The van der Waals surface area contributed by atoms with Crippen LogP contribution in [0.2, 0.25) is 0 Å². The van der Waals surface area contributed by atoms with Crippen LogP contribution in [0.3, 0.4) is 0 Å². The molecule has 3 rings (SSSR count). The van der Waals surface area contributed by atoms with E-state index in [-0.39, 0.29) is 35.2 Å². The van der Waals surface area contributed by atoms with Gasteiger partial charge in [0, 0.05) is 6.42 Å². The van der Waals surface area contributed by atoms with Gasteiger partial charge in [-0.1, -0.05) is 41.9 Å². The third-order valence-corrected chi connectivity index (χ3v) is 5.82. The van der Waals surface area contributed by atoms with Gasteiger partial charge >= 0.3 is 5.97 Å². The summed E-state index contributed by atoms with van der Waals surface area (Å²) in [7, 11) is 0. The normalized spacial score (nSPS) is 19.3. The van der Waals surface area contributed by atoms with Gasteiger partial charge < -0.3 is 10.1 Å². The fraction of sp³-hybridized carbons (Fsp3) is 0.429. The molecule has 0 bridgehead atoms. The minimum absolute atomic E-state index is 0.00540. The van der Waals surface area contributed by atoms with Crippen molar-refractivity contribution in [3.05, 3.63) is 35.4 Å². The van der Waals surface area contributed by atoms with Crippen LogP contribution in [0.5, 0.6) is 0 Å². The number of rotatable bonds is 7. The van der Waals surface area contributed by atoms with E-state index in [4.69, 9.17) is 4.74 Å². The van der Waals surface area contributed by atoms with Crippen molar-refractivity contribution in [1.82, 2.24) is 15.1 Å². The summed E-state index contributed by atoms with van der Waals surface area (Å²) in [5.74, 6) is -4.12. The molecule has 1 fully saturated rings. The second-order valence-corrected chi connectivity index (χ2v) is 8.32. The first-order valence-electron chi connectivity index (χ1n) is 10.0. The van der Waals surface area contributed by atoms with Crippen molar-refractivity contribution in [2.75, 3.05) is 12.1 Å². The molecule has 5 amide bonds. The summed E-state index contributed by atoms with van der Waals surface area (Å²) in [5.41, 5.74) is 0.393. The summed E-state index contributed by atoms with van der Waals surface area (Å²) in [4.78, 5) is 76.5. The summed E-state index contributed by atoms with van der Waals surface area (Å²) in [5, 5.41) is 2.50. The molecule has 32 heavy (non-hydrogen) atoms. The Morgan fingerprint density at radius 3 is 2.25 bits per heavy atom. The van der Waals surface area contributed by atoms with E-state index >= 15 is 0 Å². The summed E-state index contributed by atoms with van der Waals surface area (Å²) in [6, 6.07) is 4.09. The standard InChI is InChI=1S/C21H22BrN3O7/c1-11(2)17(23-15(26)9-22)21(31)32-10-24-16(27)8-7-14(20(24)30)25-18(28)12-5-3-4-6-13(12)19(25)29/h3-6,11,14,17H,7-10H2,1-2H3,(H,23,26)/t14?,17-/m0/s1. The Kier molecular flexibility index (Phi) is 7.07. The van der Waals surface area contributed by atoms with Crippen molar-refractivity contribution in [2.45, 2.75) is 38.8 Å². The molecule has 0 spiro atoms. The van der Waals surface area contributed by atoms with Crippen LogP contribution < -0.4 is 5.32 Å². The van der Waals surface area contributed by atoms with Gasteiger partial charge in [-0.25, -0.2) is 9.69 Å². The molecule has 1 aromatic carbocycles. The lowest BCUT2D eigenvalue weighted by Crippen LogP contribution is -2.57. The number of amides is 5. The fourth-order valence-electron chi connectivity index (χ4n) is 3.62. The zero-order chi connectivity index (χ0) is 23.6. The molecule has 0 aliphatic carbocycles. The molecule has 2 aliphatic rings. The smallest absolute Gasteiger partial charge is 0.330 e. The maximum Gasteiger partial charge on any atom is 0.330 e. The van der Waals surface area contributed by atoms with E-state index in [1.807, 2.05) is 0 Å². The number of hydrogen-bond donors (Lipinski definition) is 1. The van der Waals surface area contributed by atoms with Crippen LogP contribution in [-0.4, -0.2) is 69.4 Å². The molecule has 11 heteroatoms.